The van der Waals surface area contributed by atoms with Gasteiger partial charge in [0, 0.05) is 5.92 Å². The summed E-state index contributed by atoms with van der Waals surface area (Å²) >= 11 is 1.67. The summed E-state index contributed by atoms with van der Waals surface area (Å²) in [5.74, 6) is 0.871. The summed E-state index contributed by atoms with van der Waals surface area (Å²) in [4.78, 5) is 0. The molecule has 1 heteroatoms. The normalized spacial score (nSPS) is 13.4. The maximum absolute atomic E-state index is 3.84. The molecule has 0 nitrogen and oxygen atoms in total. The molecule has 0 aromatic heterocycles. The Morgan fingerprint density at radius 3 is 1.74 bits per heavy atom. The van der Waals surface area contributed by atoms with Gasteiger partial charge in [0.15, 0.2) is 0 Å². The summed E-state index contributed by atoms with van der Waals surface area (Å²) in [6, 6.07) is 33.4. The number of rotatable bonds is 14. The van der Waals surface area contributed by atoms with Crippen molar-refractivity contribution in [3.63, 3.8) is 0 Å². The number of aryl methyl sites for hydroxylation is 2. The van der Waals surface area contributed by atoms with Gasteiger partial charge in [0.1, 0.15) is 0 Å². The average molecular weight is 740 g/mol. The molecule has 260 valence electrons. The number of fused-ring (bicyclic) bond motifs is 3. The van der Waals surface area contributed by atoms with E-state index in [1.807, 2.05) is 12.2 Å². The van der Waals surface area contributed by atoms with Crippen LogP contribution >= 0.6 is 0 Å². The van der Waals surface area contributed by atoms with E-state index in [0.717, 1.165) is 19.3 Å². The molecule has 2 aliphatic rings. The Morgan fingerprint density at radius 2 is 1.26 bits per heavy atom. The van der Waals surface area contributed by atoms with Gasteiger partial charge < -0.3 is 0 Å². The molecule has 2 aliphatic carbocycles. The summed E-state index contributed by atoms with van der Waals surface area (Å²) < 4.78 is 1.79. The van der Waals surface area contributed by atoms with Crippen molar-refractivity contribution >= 4 is 3.21 Å². The molecule has 0 radical (unpaired) electrons. The molecule has 50 heavy (non-hydrogen) atoms. The van der Waals surface area contributed by atoms with Crippen LogP contribution in [-0.4, -0.2) is 3.21 Å². The summed E-state index contributed by atoms with van der Waals surface area (Å²) in [6.07, 6.45) is 24.0. The second kappa shape index (κ2) is 21.5. The van der Waals surface area contributed by atoms with Crippen LogP contribution in [0.2, 0.25) is 0 Å². The molecule has 0 saturated carbocycles. The smallest absolute Gasteiger partial charge is 0.109 e. The minimum atomic E-state index is 0.425. The van der Waals surface area contributed by atoms with Crippen molar-refractivity contribution in [2.75, 3.05) is 0 Å². The second-order valence-electron chi connectivity index (χ2n) is 14.1. The first-order chi connectivity index (χ1) is 24.4. The van der Waals surface area contributed by atoms with Gasteiger partial charge in [-0.05, 0) is 47.9 Å². The van der Waals surface area contributed by atoms with Gasteiger partial charge in [-0.25, -0.2) is 12.2 Å². The standard InChI is InChI=1S/C35H37.C9H18.C5H5.Zr/c1-5-13-30(26-15-9-7-10-16-26)32-22-34-28(19-24(32)3)21-29-20-25(4)33(23-35(29)34)31(14-6-2)27-17-11-8-12-18-27;1-3-5-7-9-8-6-4-2;1-2-4-5-3-1;/h7-12,15-19,22-23,30-31H,5-6,13-14,21H2,1-4H3;3-8H2,1-2H3;1-3H,4H2;/q-1;;-1;+2. The van der Waals surface area contributed by atoms with Crippen LogP contribution in [0.25, 0.3) is 11.1 Å². The fraction of sp³-hybridized carbons (Fsp3) is 0.408. The summed E-state index contributed by atoms with van der Waals surface area (Å²) in [5.41, 5.74) is 14.2. The van der Waals surface area contributed by atoms with E-state index in [4.69, 9.17) is 0 Å². The molecule has 0 amide bonds. The quantitative estimate of drug-likeness (QED) is 0.0995. The van der Waals surface area contributed by atoms with Crippen molar-refractivity contribution in [1.29, 1.82) is 0 Å². The molecule has 0 spiro atoms. The van der Waals surface area contributed by atoms with E-state index in [1.165, 1.54) is 113 Å². The van der Waals surface area contributed by atoms with Crippen LogP contribution in [0.1, 0.15) is 155 Å². The van der Waals surface area contributed by atoms with Gasteiger partial charge in [-0.3, -0.25) is 6.08 Å². The number of allylic oxidation sites excluding steroid dienone is 4. The zero-order valence-electron chi connectivity index (χ0n) is 31.9. The zero-order valence-corrected chi connectivity index (χ0v) is 34.3. The van der Waals surface area contributed by atoms with Crippen molar-refractivity contribution < 1.29 is 24.2 Å². The Labute approximate surface area is 320 Å². The molecule has 0 heterocycles. The van der Waals surface area contributed by atoms with E-state index in [0.29, 0.717) is 11.8 Å². The van der Waals surface area contributed by atoms with E-state index in [1.54, 1.807) is 27.4 Å². The Bertz CT molecular complexity index is 1550. The van der Waals surface area contributed by atoms with Crippen LogP contribution in [0.4, 0.5) is 0 Å². The molecule has 2 unspecified atom stereocenters. The topological polar surface area (TPSA) is 0 Å². The van der Waals surface area contributed by atoms with Crippen LogP contribution in [0, 0.1) is 26.0 Å². The van der Waals surface area contributed by atoms with Crippen LogP contribution in [-0.2, 0) is 30.7 Å². The monoisotopic (exact) mass is 738 g/mol. The molecule has 0 bridgehead atoms. The van der Waals surface area contributed by atoms with Crippen molar-refractivity contribution in [2.24, 2.45) is 0 Å². The number of unbranched alkanes of at least 4 members (excludes halogenated alkanes) is 2. The molecule has 0 fully saturated rings. The molecular formula is C49H60Zr. The summed E-state index contributed by atoms with van der Waals surface area (Å²) in [5, 5.41) is 0. The fourth-order valence-corrected chi connectivity index (χ4v) is 8.27. The number of benzene rings is 4. The van der Waals surface area contributed by atoms with E-state index in [9.17, 15) is 0 Å². The van der Waals surface area contributed by atoms with E-state index < -0.39 is 0 Å². The molecule has 2 atom stereocenters. The van der Waals surface area contributed by atoms with Gasteiger partial charge in [0.25, 0.3) is 0 Å². The molecule has 4 aromatic rings. The Hall–Kier alpha value is -2.89. The van der Waals surface area contributed by atoms with Crippen molar-refractivity contribution in [1.82, 2.24) is 0 Å². The predicted octanol–water partition coefficient (Wildman–Crippen LogP) is 13.9. The second-order valence-corrected chi connectivity index (χ2v) is 15.8. The molecular weight excluding hydrogens is 680 g/mol. The predicted molar refractivity (Wildman–Crippen MR) is 215 cm³/mol. The van der Waals surface area contributed by atoms with Gasteiger partial charge >= 0.3 is 79.8 Å². The van der Waals surface area contributed by atoms with Gasteiger partial charge in [-0.15, -0.1) is 23.1 Å². The van der Waals surface area contributed by atoms with Crippen molar-refractivity contribution in [3.8, 4) is 11.1 Å². The van der Waals surface area contributed by atoms with Crippen molar-refractivity contribution in [2.45, 2.75) is 130 Å². The van der Waals surface area contributed by atoms with Crippen LogP contribution in [0.3, 0.4) is 0 Å². The minimum absolute atomic E-state index is 0.425. The molecule has 0 N–H and O–H groups in total. The van der Waals surface area contributed by atoms with Crippen molar-refractivity contribution in [3.05, 3.63) is 154 Å². The largest absolute Gasteiger partial charge is 0.273 e. The Morgan fingerprint density at radius 1 is 0.700 bits per heavy atom. The number of hydrogen-bond donors (Lipinski definition) is 0. The molecule has 0 aliphatic heterocycles. The van der Waals surface area contributed by atoms with Crippen LogP contribution in [0.15, 0.2) is 97.1 Å². The maximum atomic E-state index is 3.84. The van der Waals surface area contributed by atoms with Gasteiger partial charge in [0.2, 0.25) is 0 Å². The Kier molecular flexibility index (Phi) is 17.1. The zero-order chi connectivity index (χ0) is 35.7. The van der Waals surface area contributed by atoms with Crippen LogP contribution < -0.4 is 0 Å². The van der Waals surface area contributed by atoms with E-state index >= 15 is 0 Å². The van der Waals surface area contributed by atoms with Gasteiger partial charge in [-0.2, -0.15) is 23.8 Å². The maximum Gasteiger partial charge on any atom is -0.109 e. The van der Waals surface area contributed by atoms with E-state index in [2.05, 4.69) is 139 Å². The van der Waals surface area contributed by atoms with Gasteiger partial charge in [-0.1, -0.05) is 124 Å². The molecule has 0 saturated heterocycles. The number of hydrogen-bond acceptors (Lipinski definition) is 0. The molecule has 4 aromatic carbocycles. The Balaban J connectivity index is 0.000000311. The van der Waals surface area contributed by atoms with Crippen LogP contribution in [0.5, 0.6) is 0 Å². The first-order valence-corrected chi connectivity index (χ1v) is 20.7. The first kappa shape index (κ1) is 39.9. The summed E-state index contributed by atoms with van der Waals surface area (Å²) in [7, 11) is 0. The summed E-state index contributed by atoms with van der Waals surface area (Å²) in [6.45, 7) is 13.7. The molecule has 6 rings (SSSR count). The average Bonchev–Trinajstić information content (AvgIpc) is 3.84. The third-order valence-electron chi connectivity index (χ3n) is 10.1. The van der Waals surface area contributed by atoms with Gasteiger partial charge in [0.05, 0.1) is 0 Å². The SMILES string of the molecule is CCCC(c1ccccc1)c1cc2c([c-]c1C)Cc1cc(C)c(C(CCC)c3ccccc3)cc1-2.CCCC[C](=[Zr+2])CCCC.[C-]1=CC=CC1. The fourth-order valence-electron chi connectivity index (χ4n) is 7.40. The third-order valence-corrected chi connectivity index (χ3v) is 11.3. The van der Waals surface area contributed by atoms with E-state index in [-0.39, 0.29) is 0 Å². The minimum Gasteiger partial charge on any atom is -0.273 e. The first-order valence-electron chi connectivity index (χ1n) is 19.5. The third kappa shape index (κ3) is 11.3.